The maximum atomic E-state index is 5.17. The number of ether oxygens (including phenoxy) is 1. The van der Waals surface area contributed by atoms with E-state index in [0.29, 0.717) is 12.1 Å². The van der Waals surface area contributed by atoms with E-state index < -0.39 is 0 Å². The van der Waals surface area contributed by atoms with Crippen LogP contribution in [0.25, 0.3) is 0 Å². The van der Waals surface area contributed by atoms with E-state index in [4.69, 9.17) is 4.74 Å². The molecule has 0 aromatic carbocycles. The third-order valence-corrected chi connectivity index (χ3v) is 3.42. The Morgan fingerprint density at radius 1 is 1.33 bits per heavy atom. The van der Waals surface area contributed by atoms with Gasteiger partial charge in [-0.2, -0.15) is 0 Å². The summed E-state index contributed by atoms with van der Waals surface area (Å²) < 4.78 is 5.17. The largest absolute Gasteiger partial charge is 0.383 e. The maximum absolute atomic E-state index is 5.17. The Morgan fingerprint density at radius 3 is 2.27 bits per heavy atom. The molecular weight excluding hydrogens is 188 g/mol. The van der Waals surface area contributed by atoms with Crippen molar-refractivity contribution in [1.29, 1.82) is 0 Å². The standard InChI is InChI=1S/C12H28N2O/c1-10(8-15-7)14(6)9-12(3,4)11(2)13-5/h10-11,13H,8-9H2,1-7H3. The Hall–Kier alpha value is -0.120. The van der Waals surface area contributed by atoms with Crippen LogP contribution in [0.4, 0.5) is 0 Å². The van der Waals surface area contributed by atoms with Crippen molar-refractivity contribution in [3.8, 4) is 0 Å². The number of nitrogens with one attached hydrogen (secondary N) is 1. The van der Waals surface area contributed by atoms with Crippen LogP contribution in [0.3, 0.4) is 0 Å². The van der Waals surface area contributed by atoms with Crippen molar-refractivity contribution in [3.63, 3.8) is 0 Å². The first-order valence-corrected chi connectivity index (χ1v) is 5.71. The molecule has 2 atom stereocenters. The van der Waals surface area contributed by atoms with E-state index in [1.807, 2.05) is 7.05 Å². The summed E-state index contributed by atoms with van der Waals surface area (Å²) >= 11 is 0. The van der Waals surface area contributed by atoms with Crippen molar-refractivity contribution in [1.82, 2.24) is 10.2 Å². The molecule has 0 saturated heterocycles. The van der Waals surface area contributed by atoms with Gasteiger partial charge in [-0.05, 0) is 33.4 Å². The highest BCUT2D eigenvalue weighted by Gasteiger charge is 2.27. The maximum Gasteiger partial charge on any atom is 0.0615 e. The second kappa shape index (κ2) is 6.46. The summed E-state index contributed by atoms with van der Waals surface area (Å²) in [7, 11) is 5.94. The fourth-order valence-electron chi connectivity index (χ4n) is 1.69. The number of hydrogen-bond acceptors (Lipinski definition) is 3. The lowest BCUT2D eigenvalue weighted by molar-refractivity contribution is 0.0807. The minimum atomic E-state index is 0.269. The Labute approximate surface area is 95.2 Å². The summed E-state index contributed by atoms with van der Waals surface area (Å²) in [6, 6.07) is 0.980. The van der Waals surface area contributed by atoms with Gasteiger partial charge < -0.3 is 15.0 Å². The lowest BCUT2D eigenvalue weighted by atomic mass is 9.84. The summed E-state index contributed by atoms with van der Waals surface area (Å²) in [5.41, 5.74) is 0.269. The van der Waals surface area contributed by atoms with Gasteiger partial charge in [0.15, 0.2) is 0 Å². The second-order valence-electron chi connectivity index (χ2n) is 5.22. The molecule has 0 rings (SSSR count). The number of methoxy groups -OCH3 is 1. The summed E-state index contributed by atoms with van der Waals surface area (Å²) in [6.45, 7) is 10.9. The molecule has 0 amide bonds. The first kappa shape index (κ1) is 14.9. The molecule has 0 aromatic rings. The molecule has 0 spiro atoms. The van der Waals surface area contributed by atoms with Gasteiger partial charge in [0, 0.05) is 25.7 Å². The minimum Gasteiger partial charge on any atom is -0.383 e. The number of hydrogen-bond donors (Lipinski definition) is 1. The predicted molar refractivity (Wildman–Crippen MR) is 66.3 cm³/mol. The highest BCUT2D eigenvalue weighted by Crippen LogP contribution is 2.22. The van der Waals surface area contributed by atoms with Crippen molar-refractivity contribution >= 4 is 0 Å². The Bertz CT molecular complexity index is 171. The third kappa shape index (κ3) is 4.96. The Morgan fingerprint density at radius 2 is 1.87 bits per heavy atom. The summed E-state index contributed by atoms with van der Waals surface area (Å²) in [5.74, 6) is 0. The molecule has 1 N–H and O–H groups in total. The lowest BCUT2D eigenvalue weighted by Gasteiger charge is -2.37. The minimum absolute atomic E-state index is 0.269. The zero-order valence-corrected chi connectivity index (χ0v) is 11.4. The van der Waals surface area contributed by atoms with E-state index in [9.17, 15) is 0 Å². The van der Waals surface area contributed by atoms with Gasteiger partial charge in [0.05, 0.1) is 6.61 Å². The van der Waals surface area contributed by atoms with Crippen LogP contribution in [0.5, 0.6) is 0 Å². The highest BCUT2D eigenvalue weighted by atomic mass is 16.5. The predicted octanol–water partition coefficient (Wildman–Crippen LogP) is 1.59. The first-order chi connectivity index (χ1) is 6.85. The number of rotatable bonds is 7. The molecule has 3 heteroatoms. The van der Waals surface area contributed by atoms with Crippen molar-refractivity contribution in [2.45, 2.75) is 39.8 Å². The van der Waals surface area contributed by atoms with Gasteiger partial charge in [-0.1, -0.05) is 13.8 Å². The molecule has 0 heterocycles. The Balaban J connectivity index is 4.19. The molecule has 2 unspecified atom stereocenters. The monoisotopic (exact) mass is 216 g/mol. The van der Waals surface area contributed by atoms with Gasteiger partial charge >= 0.3 is 0 Å². The van der Waals surface area contributed by atoms with Crippen LogP contribution in [0.1, 0.15) is 27.7 Å². The molecule has 0 aliphatic carbocycles. The van der Waals surface area contributed by atoms with Crippen molar-refractivity contribution < 1.29 is 4.74 Å². The van der Waals surface area contributed by atoms with E-state index in [1.165, 1.54) is 0 Å². The molecule has 0 bridgehead atoms. The summed E-state index contributed by atoms with van der Waals surface area (Å²) in [6.07, 6.45) is 0. The Kier molecular flexibility index (Phi) is 6.41. The SMILES string of the molecule is CNC(C)C(C)(C)CN(C)C(C)COC. The normalized spacial score (nSPS) is 16.8. The van der Waals surface area contributed by atoms with Crippen LogP contribution in [0.15, 0.2) is 0 Å². The van der Waals surface area contributed by atoms with Crippen LogP contribution in [-0.2, 0) is 4.74 Å². The average molecular weight is 216 g/mol. The third-order valence-electron chi connectivity index (χ3n) is 3.42. The van der Waals surface area contributed by atoms with Crippen LogP contribution in [0, 0.1) is 5.41 Å². The summed E-state index contributed by atoms with van der Waals surface area (Å²) in [5, 5.41) is 3.32. The molecule has 0 aliphatic rings. The van der Waals surface area contributed by atoms with Crippen LogP contribution >= 0.6 is 0 Å². The van der Waals surface area contributed by atoms with Gasteiger partial charge in [-0.25, -0.2) is 0 Å². The zero-order valence-electron chi connectivity index (χ0n) is 11.4. The number of nitrogens with zero attached hydrogens (tertiary/aromatic N) is 1. The first-order valence-electron chi connectivity index (χ1n) is 5.71. The fourth-order valence-corrected chi connectivity index (χ4v) is 1.69. The van der Waals surface area contributed by atoms with E-state index in [2.05, 4.69) is 45.0 Å². The summed E-state index contributed by atoms with van der Waals surface area (Å²) in [4.78, 5) is 2.36. The van der Waals surface area contributed by atoms with E-state index in [1.54, 1.807) is 7.11 Å². The quantitative estimate of drug-likeness (QED) is 0.699. The van der Waals surface area contributed by atoms with Gasteiger partial charge in [0.25, 0.3) is 0 Å². The molecule has 15 heavy (non-hydrogen) atoms. The van der Waals surface area contributed by atoms with Crippen molar-refractivity contribution in [3.05, 3.63) is 0 Å². The molecule has 0 fully saturated rings. The molecular formula is C12H28N2O. The molecule has 0 saturated carbocycles. The number of likely N-dealkylation sites (N-methyl/N-ethyl adjacent to an activating group) is 1. The van der Waals surface area contributed by atoms with E-state index >= 15 is 0 Å². The van der Waals surface area contributed by atoms with Crippen LogP contribution in [0.2, 0.25) is 0 Å². The fraction of sp³-hybridized carbons (Fsp3) is 1.00. The topological polar surface area (TPSA) is 24.5 Å². The zero-order chi connectivity index (χ0) is 12.1. The van der Waals surface area contributed by atoms with Gasteiger partial charge in [0.2, 0.25) is 0 Å². The van der Waals surface area contributed by atoms with Crippen molar-refractivity contribution in [2.75, 3.05) is 34.4 Å². The molecule has 3 nitrogen and oxygen atoms in total. The second-order valence-corrected chi connectivity index (χ2v) is 5.22. The van der Waals surface area contributed by atoms with E-state index in [-0.39, 0.29) is 5.41 Å². The molecule has 92 valence electrons. The van der Waals surface area contributed by atoms with Crippen molar-refractivity contribution in [2.24, 2.45) is 5.41 Å². The van der Waals surface area contributed by atoms with Gasteiger partial charge in [-0.15, -0.1) is 0 Å². The highest BCUT2D eigenvalue weighted by molar-refractivity contribution is 4.83. The molecule has 0 radical (unpaired) electrons. The average Bonchev–Trinajstić information content (AvgIpc) is 2.16. The smallest absolute Gasteiger partial charge is 0.0615 e. The van der Waals surface area contributed by atoms with Crippen LogP contribution in [-0.4, -0.2) is 51.3 Å². The molecule has 0 aromatic heterocycles. The van der Waals surface area contributed by atoms with Gasteiger partial charge in [-0.3, -0.25) is 0 Å². The lowest BCUT2D eigenvalue weighted by Crippen LogP contribution is -2.47. The molecule has 0 aliphatic heterocycles. The van der Waals surface area contributed by atoms with Gasteiger partial charge in [0.1, 0.15) is 0 Å². The van der Waals surface area contributed by atoms with E-state index in [0.717, 1.165) is 13.2 Å². The van der Waals surface area contributed by atoms with Crippen LogP contribution < -0.4 is 5.32 Å².